The SMILES string of the molecule is C[SiH](O)CC(Sc1cccc(SC(C[SiH](C)O)C(F)(F)C(F)(F)C(F)(F)C(F)(F)F)c1)C(F)(F)C(F)(F)C(F)(F)C(F)(F)F. The van der Waals surface area contributed by atoms with Gasteiger partial charge in [0.05, 0.1) is 10.5 Å². The van der Waals surface area contributed by atoms with Crippen molar-refractivity contribution in [2.75, 3.05) is 0 Å². The number of alkyl halides is 18. The molecule has 0 heterocycles. The van der Waals surface area contributed by atoms with Crippen LogP contribution in [0.15, 0.2) is 34.1 Å². The third-order valence-electron chi connectivity index (χ3n) is 5.62. The molecule has 0 aromatic heterocycles. The molecule has 0 saturated carbocycles. The first-order chi connectivity index (χ1) is 19.3. The van der Waals surface area contributed by atoms with Gasteiger partial charge in [-0.25, -0.2) is 0 Å². The molecule has 1 aromatic carbocycles. The van der Waals surface area contributed by atoms with E-state index in [1.807, 2.05) is 0 Å². The molecule has 1 rings (SSSR count). The molecule has 4 atom stereocenters. The summed E-state index contributed by atoms with van der Waals surface area (Å²) < 4.78 is 244. The molecule has 0 aliphatic rings. The fourth-order valence-electron chi connectivity index (χ4n) is 3.29. The minimum atomic E-state index is -7.30. The molecule has 4 unspecified atom stereocenters. The van der Waals surface area contributed by atoms with Crippen LogP contribution in [-0.4, -0.2) is 86.1 Å². The van der Waals surface area contributed by atoms with Crippen LogP contribution < -0.4 is 0 Å². The number of rotatable bonds is 14. The number of hydrogen-bond donors (Lipinski definition) is 2. The second-order valence-electron chi connectivity index (χ2n) is 9.40. The second kappa shape index (κ2) is 13.3. The molecule has 2 nitrogen and oxygen atoms in total. The number of halogens is 18. The highest BCUT2D eigenvalue weighted by Crippen LogP contribution is 2.58. The van der Waals surface area contributed by atoms with Crippen LogP contribution in [0.1, 0.15) is 0 Å². The first-order valence-corrected chi connectivity index (χ1v) is 18.2. The van der Waals surface area contributed by atoms with E-state index in [-0.39, 0.29) is 0 Å². The summed E-state index contributed by atoms with van der Waals surface area (Å²) >= 11 is -1.12. The van der Waals surface area contributed by atoms with Gasteiger partial charge in [-0.1, -0.05) is 6.07 Å². The largest absolute Gasteiger partial charge is 0.460 e. The van der Waals surface area contributed by atoms with Gasteiger partial charge in [0.15, 0.2) is 18.1 Å². The van der Waals surface area contributed by atoms with Crippen molar-refractivity contribution in [2.24, 2.45) is 0 Å². The average Bonchev–Trinajstić information content (AvgIpc) is 2.81. The molecule has 0 saturated heterocycles. The van der Waals surface area contributed by atoms with Crippen LogP contribution in [0.5, 0.6) is 0 Å². The van der Waals surface area contributed by atoms with Gasteiger partial charge in [0.1, 0.15) is 0 Å². The molecular weight excluding hydrogens is 734 g/mol. The minimum Gasteiger partial charge on any atom is -0.435 e. The van der Waals surface area contributed by atoms with Gasteiger partial charge in [0, 0.05) is 9.79 Å². The molecule has 0 fully saturated rings. The molecule has 0 bridgehead atoms. The Morgan fingerprint density at radius 1 is 0.545 bits per heavy atom. The smallest absolute Gasteiger partial charge is 0.435 e. The molecule has 1 aromatic rings. The third kappa shape index (κ3) is 7.93. The van der Waals surface area contributed by atoms with Gasteiger partial charge in [-0.3, -0.25) is 0 Å². The van der Waals surface area contributed by atoms with Gasteiger partial charge in [0.2, 0.25) is 0 Å². The molecule has 24 heteroatoms. The Morgan fingerprint density at radius 3 is 1.05 bits per heavy atom. The Kier molecular flexibility index (Phi) is 12.4. The fourth-order valence-corrected chi connectivity index (χ4v) is 9.59. The van der Waals surface area contributed by atoms with E-state index >= 15 is 0 Å². The lowest BCUT2D eigenvalue weighted by molar-refractivity contribution is -0.395. The van der Waals surface area contributed by atoms with Crippen molar-refractivity contribution in [2.45, 2.75) is 93.4 Å². The van der Waals surface area contributed by atoms with Gasteiger partial charge in [-0.2, -0.15) is 79.0 Å². The molecule has 0 aliphatic heterocycles. The highest BCUT2D eigenvalue weighted by Gasteiger charge is 2.84. The maximum Gasteiger partial charge on any atom is 0.460 e. The normalized spacial score (nSPS) is 17.8. The van der Waals surface area contributed by atoms with Crippen LogP contribution >= 0.6 is 23.5 Å². The Morgan fingerprint density at radius 2 is 0.818 bits per heavy atom. The van der Waals surface area contributed by atoms with E-state index in [1.165, 1.54) is 0 Å². The topological polar surface area (TPSA) is 40.5 Å². The first kappa shape index (κ1) is 41.0. The lowest BCUT2D eigenvalue weighted by atomic mass is 10.0. The van der Waals surface area contributed by atoms with Gasteiger partial charge < -0.3 is 9.59 Å². The lowest BCUT2D eigenvalue weighted by Gasteiger charge is -2.38. The summed E-state index contributed by atoms with van der Waals surface area (Å²) in [5.41, 5.74) is 0. The number of hydrogen-bond acceptors (Lipinski definition) is 4. The summed E-state index contributed by atoms with van der Waals surface area (Å²) in [5.74, 6) is -41.3. The monoisotopic (exact) mass is 754 g/mol. The second-order valence-corrected chi connectivity index (χ2v) is 16.3. The Labute approximate surface area is 248 Å². The van der Waals surface area contributed by atoms with Crippen LogP contribution in [0.4, 0.5) is 79.0 Å². The summed E-state index contributed by atoms with van der Waals surface area (Å²) in [7, 11) is -6.99. The van der Waals surface area contributed by atoms with Crippen molar-refractivity contribution < 1.29 is 88.6 Å². The highest BCUT2D eigenvalue weighted by molar-refractivity contribution is 8.00. The van der Waals surface area contributed by atoms with E-state index in [0.29, 0.717) is 24.3 Å². The van der Waals surface area contributed by atoms with Crippen molar-refractivity contribution in [3.05, 3.63) is 24.3 Å². The summed E-state index contributed by atoms with van der Waals surface area (Å²) in [6, 6.07) is -0.458. The molecule has 44 heavy (non-hydrogen) atoms. The van der Waals surface area contributed by atoms with E-state index in [0.717, 1.165) is 13.1 Å². The van der Waals surface area contributed by atoms with Crippen LogP contribution in [0, 0.1) is 0 Å². The molecule has 0 spiro atoms. The molecule has 258 valence electrons. The third-order valence-corrected chi connectivity index (χ3v) is 11.2. The van der Waals surface area contributed by atoms with Crippen molar-refractivity contribution in [1.82, 2.24) is 0 Å². The standard InChI is InChI=1S/C20H20F18O2S2Si2/c1-43(39)7-11(13(21,22)15(25,26)17(29,30)19(33,34)35)41-9-4-3-5-10(6-9)42-12(8-44(2)40)14(23,24)16(27,28)18(31,32)20(36,37)38/h3-6,11-12,39-40,43-44H,7-8H2,1-2H3. The Bertz CT molecular complexity index is 1030. The predicted molar refractivity (Wildman–Crippen MR) is 128 cm³/mol. The zero-order valence-corrected chi connectivity index (χ0v) is 25.5. The minimum absolute atomic E-state index is 0.411. The zero-order valence-electron chi connectivity index (χ0n) is 21.5. The van der Waals surface area contributed by atoms with E-state index in [4.69, 9.17) is 0 Å². The van der Waals surface area contributed by atoms with Crippen molar-refractivity contribution >= 4 is 41.6 Å². The number of benzene rings is 1. The van der Waals surface area contributed by atoms with Crippen molar-refractivity contribution in [3.63, 3.8) is 0 Å². The van der Waals surface area contributed by atoms with Gasteiger partial charge in [-0.15, -0.1) is 23.5 Å². The lowest BCUT2D eigenvalue weighted by Crippen LogP contribution is -2.64. The highest BCUT2D eigenvalue weighted by atomic mass is 32.2. The summed E-state index contributed by atoms with van der Waals surface area (Å²) in [5, 5.41) is -6.51. The van der Waals surface area contributed by atoms with Gasteiger partial charge in [0.25, 0.3) is 0 Å². The Hall–Kier alpha value is -0.986. The Balaban J connectivity index is 3.58. The van der Waals surface area contributed by atoms with Crippen molar-refractivity contribution in [1.29, 1.82) is 0 Å². The van der Waals surface area contributed by atoms with E-state index in [1.54, 1.807) is 0 Å². The average molecular weight is 755 g/mol. The molecule has 0 aliphatic carbocycles. The molecular formula is C20H20F18O2S2Si2. The van der Waals surface area contributed by atoms with Gasteiger partial charge in [-0.05, 0) is 43.4 Å². The predicted octanol–water partition coefficient (Wildman–Crippen LogP) is 8.24. The number of thioether (sulfide) groups is 2. The summed E-state index contributed by atoms with van der Waals surface area (Å²) in [6.07, 6.45) is -14.3. The van der Waals surface area contributed by atoms with Crippen LogP contribution in [-0.2, 0) is 0 Å². The summed E-state index contributed by atoms with van der Waals surface area (Å²) in [6.45, 7) is 1.58. The van der Waals surface area contributed by atoms with Crippen LogP contribution in [0.3, 0.4) is 0 Å². The maximum absolute atomic E-state index is 14.7. The fraction of sp³-hybridized carbons (Fsp3) is 0.700. The van der Waals surface area contributed by atoms with Gasteiger partial charge >= 0.3 is 47.9 Å². The molecule has 2 N–H and O–H groups in total. The maximum atomic E-state index is 14.7. The van der Waals surface area contributed by atoms with Crippen LogP contribution in [0.2, 0.25) is 25.2 Å². The first-order valence-electron chi connectivity index (χ1n) is 11.5. The summed E-state index contributed by atoms with van der Waals surface area (Å²) in [4.78, 5) is 17.5. The molecule has 0 radical (unpaired) electrons. The quantitative estimate of drug-likeness (QED) is 0.114. The van der Waals surface area contributed by atoms with E-state index in [9.17, 15) is 88.6 Å². The van der Waals surface area contributed by atoms with E-state index < -0.39 is 122 Å². The zero-order chi connectivity index (χ0) is 35.1. The van der Waals surface area contributed by atoms with E-state index in [2.05, 4.69) is 0 Å². The van der Waals surface area contributed by atoms with Crippen LogP contribution in [0.25, 0.3) is 0 Å². The molecule has 0 amide bonds. The van der Waals surface area contributed by atoms with Crippen molar-refractivity contribution in [3.8, 4) is 0 Å².